The number of aryl methyl sites for hydroxylation is 1. The van der Waals surface area contributed by atoms with E-state index in [-0.39, 0.29) is 0 Å². The number of anilines is 1. The van der Waals surface area contributed by atoms with Gasteiger partial charge in [-0.3, -0.25) is 15.8 Å². The van der Waals surface area contributed by atoms with Crippen LogP contribution in [0.15, 0.2) is 72.0 Å². The molecule has 2 N–H and O–H groups in total. The second-order valence-corrected chi connectivity index (χ2v) is 5.39. The number of pyridine rings is 2. The first-order chi connectivity index (χ1) is 11.8. The lowest BCUT2D eigenvalue weighted by atomic mass is 10.2. The van der Waals surface area contributed by atoms with Gasteiger partial charge < -0.3 is 0 Å². The van der Waals surface area contributed by atoms with Crippen LogP contribution < -0.4 is 16.0 Å². The summed E-state index contributed by atoms with van der Waals surface area (Å²) in [6, 6.07) is 15.7. The monoisotopic (exact) mass is 316 g/mol. The summed E-state index contributed by atoms with van der Waals surface area (Å²) >= 11 is 0. The smallest absolute Gasteiger partial charge is 0.170 e. The van der Waals surface area contributed by atoms with Gasteiger partial charge in [0.1, 0.15) is 5.84 Å². The highest BCUT2D eigenvalue weighted by Gasteiger charge is 2.12. The van der Waals surface area contributed by atoms with E-state index < -0.39 is 0 Å². The van der Waals surface area contributed by atoms with Gasteiger partial charge in [0.15, 0.2) is 5.82 Å². The van der Waals surface area contributed by atoms with Crippen molar-refractivity contribution in [3.8, 4) is 0 Å². The molecule has 24 heavy (non-hydrogen) atoms. The summed E-state index contributed by atoms with van der Waals surface area (Å²) in [5.74, 6) is 1.49. The van der Waals surface area contributed by atoms with E-state index in [0.29, 0.717) is 5.84 Å². The average Bonchev–Trinajstić information content (AvgIpc) is 2.62. The number of para-hydroxylation sites is 1. The Labute approximate surface area is 139 Å². The van der Waals surface area contributed by atoms with Gasteiger partial charge in [-0.25, -0.2) is 9.98 Å². The quantitative estimate of drug-likeness (QED) is 0.761. The first-order valence-corrected chi connectivity index (χ1v) is 7.65. The molecule has 0 spiro atoms. The molecule has 1 aliphatic rings. The van der Waals surface area contributed by atoms with Crippen molar-refractivity contribution >= 4 is 28.2 Å². The van der Waals surface area contributed by atoms with Crippen LogP contribution in [0.5, 0.6) is 0 Å². The summed E-state index contributed by atoms with van der Waals surface area (Å²) in [6.45, 7) is 1.96. The summed E-state index contributed by atoms with van der Waals surface area (Å²) in [6.07, 6.45) is 5.47. The molecule has 6 heteroatoms. The number of fused-ring (bicyclic) bond motifs is 1. The lowest BCUT2D eigenvalue weighted by Crippen LogP contribution is -2.52. The Morgan fingerprint density at radius 2 is 1.96 bits per heavy atom. The molecular formula is C18H16N6. The topological polar surface area (TPSA) is 65.4 Å². The maximum Gasteiger partial charge on any atom is 0.170 e. The van der Waals surface area contributed by atoms with Crippen molar-refractivity contribution in [3.05, 3.63) is 72.7 Å². The third-order valence-corrected chi connectivity index (χ3v) is 3.64. The number of nitrogens with zero attached hydrogens (tertiary/aromatic N) is 4. The van der Waals surface area contributed by atoms with E-state index in [1.54, 1.807) is 11.3 Å². The van der Waals surface area contributed by atoms with Crippen molar-refractivity contribution in [1.29, 1.82) is 0 Å². The fraction of sp³-hybridized carbons (Fsp3) is 0.0556. The fourth-order valence-corrected chi connectivity index (χ4v) is 2.52. The Kier molecular flexibility index (Phi) is 3.55. The molecule has 0 bridgehead atoms. The maximum absolute atomic E-state index is 4.71. The van der Waals surface area contributed by atoms with Crippen molar-refractivity contribution in [1.82, 2.24) is 20.8 Å². The van der Waals surface area contributed by atoms with Gasteiger partial charge in [-0.05, 0) is 37.3 Å². The predicted molar refractivity (Wildman–Crippen MR) is 95.7 cm³/mol. The van der Waals surface area contributed by atoms with Crippen molar-refractivity contribution in [2.45, 2.75) is 6.92 Å². The van der Waals surface area contributed by atoms with Crippen LogP contribution in [0.3, 0.4) is 0 Å². The predicted octanol–water partition coefficient (Wildman–Crippen LogP) is 3.01. The summed E-state index contributed by atoms with van der Waals surface area (Å²) in [5, 5.41) is 2.75. The molecule has 0 fully saturated rings. The number of hydrogen-bond acceptors (Lipinski definition) is 5. The summed E-state index contributed by atoms with van der Waals surface area (Å²) < 4.78 is 0. The van der Waals surface area contributed by atoms with E-state index in [4.69, 9.17) is 4.99 Å². The molecule has 4 rings (SSSR count). The molecule has 1 aromatic carbocycles. The summed E-state index contributed by atoms with van der Waals surface area (Å²) in [7, 11) is 0. The maximum atomic E-state index is 4.71. The van der Waals surface area contributed by atoms with Crippen LogP contribution >= 0.6 is 0 Å². The zero-order chi connectivity index (χ0) is 16.4. The number of aromatic nitrogens is 2. The first kappa shape index (κ1) is 14.2. The number of aliphatic imine (C=N–C) groups is 1. The molecule has 1 aliphatic heterocycles. The third kappa shape index (κ3) is 2.77. The number of amidine groups is 1. The lowest BCUT2D eigenvalue weighted by Gasteiger charge is -2.27. The number of benzene rings is 1. The van der Waals surface area contributed by atoms with Gasteiger partial charge in [-0.2, -0.15) is 5.12 Å². The van der Waals surface area contributed by atoms with Crippen molar-refractivity contribution in [3.63, 3.8) is 0 Å². The Balaban J connectivity index is 1.67. The average molecular weight is 316 g/mol. The minimum Gasteiger partial charge on any atom is -0.285 e. The van der Waals surface area contributed by atoms with E-state index in [1.165, 1.54) is 0 Å². The van der Waals surface area contributed by atoms with Crippen LogP contribution in [0.2, 0.25) is 0 Å². The molecule has 0 saturated carbocycles. The van der Waals surface area contributed by atoms with E-state index in [2.05, 4.69) is 20.8 Å². The SMILES string of the molecule is Cc1cccc(N2NC=CC(=Nc3ccnc4ccccc34)N2)n1. The Bertz CT molecular complexity index is 942. The van der Waals surface area contributed by atoms with E-state index in [1.807, 2.05) is 67.7 Å². The summed E-state index contributed by atoms with van der Waals surface area (Å²) in [5.41, 5.74) is 9.06. The minimum absolute atomic E-state index is 0.716. The van der Waals surface area contributed by atoms with Gasteiger partial charge in [0.2, 0.25) is 0 Å². The zero-order valence-electron chi connectivity index (χ0n) is 13.1. The van der Waals surface area contributed by atoms with Crippen molar-refractivity contribution < 1.29 is 0 Å². The van der Waals surface area contributed by atoms with Crippen LogP contribution in [-0.2, 0) is 0 Å². The van der Waals surface area contributed by atoms with Gasteiger partial charge in [-0.1, -0.05) is 24.3 Å². The van der Waals surface area contributed by atoms with Crippen LogP contribution in [0.25, 0.3) is 10.9 Å². The molecule has 0 unspecified atom stereocenters. The first-order valence-electron chi connectivity index (χ1n) is 7.65. The standard InChI is InChI=1S/C18H16N6/c1-13-5-4-8-18(21-13)24-20-12-10-17(23-24)22-16-9-11-19-15-7-3-2-6-14(15)16/h2-12,20H,1H3,(H,19,22,23). The summed E-state index contributed by atoms with van der Waals surface area (Å²) in [4.78, 5) is 13.6. The molecule has 2 aromatic heterocycles. The number of hydrazine groups is 2. The molecular weight excluding hydrogens is 300 g/mol. The minimum atomic E-state index is 0.716. The second kappa shape index (κ2) is 6.00. The van der Waals surface area contributed by atoms with Crippen LogP contribution in [-0.4, -0.2) is 15.8 Å². The largest absolute Gasteiger partial charge is 0.285 e. The van der Waals surface area contributed by atoms with Gasteiger partial charge in [0.05, 0.1) is 11.2 Å². The molecule has 0 aliphatic carbocycles. The normalized spacial score (nSPS) is 15.4. The van der Waals surface area contributed by atoms with E-state index in [0.717, 1.165) is 28.1 Å². The zero-order valence-corrected chi connectivity index (χ0v) is 13.1. The van der Waals surface area contributed by atoms with Gasteiger partial charge in [-0.15, -0.1) is 0 Å². The fourth-order valence-electron chi connectivity index (χ4n) is 2.52. The third-order valence-electron chi connectivity index (χ3n) is 3.64. The molecule has 0 amide bonds. The highest BCUT2D eigenvalue weighted by Crippen LogP contribution is 2.24. The number of rotatable bonds is 2. The molecule has 118 valence electrons. The molecule has 0 atom stereocenters. The van der Waals surface area contributed by atoms with Crippen LogP contribution in [0.4, 0.5) is 11.5 Å². The molecule has 6 nitrogen and oxygen atoms in total. The number of nitrogens with one attached hydrogen (secondary N) is 2. The Morgan fingerprint density at radius 3 is 2.88 bits per heavy atom. The van der Waals surface area contributed by atoms with Crippen LogP contribution in [0, 0.1) is 6.92 Å². The van der Waals surface area contributed by atoms with Crippen molar-refractivity contribution in [2.24, 2.45) is 4.99 Å². The molecule has 0 saturated heterocycles. The molecule has 0 radical (unpaired) electrons. The van der Waals surface area contributed by atoms with Gasteiger partial charge in [0, 0.05) is 23.5 Å². The number of hydrogen-bond donors (Lipinski definition) is 2. The second-order valence-electron chi connectivity index (χ2n) is 5.39. The molecule has 3 heterocycles. The van der Waals surface area contributed by atoms with Gasteiger partial charge >= 0.3 is 0 Å². The highest BCUT2D eigenvalue weighted by molar-refractivity contribution is 5.99. The van der Waals surface area contributed by atoms with E-state index in [9.17, 15) is 0 Å². The Hall–Kier alpha value is -3.41. The van der Waals surface area contributed by atoms with Crippen molar-refractivity contribution in [2.75, 3.05) is 5.12 Å². The molecule has 3 aromatic rings. The van der Waals surface area contributed by atoms with E-state index >= 15 is 0 Å². The lowest BCUT2D eigenvalue weighted by molar-refractivity contribution is 0.676. The van der Waals surface area contributed by atoms with Gasteiger partial charge in [0.25, 0.3) is 0 Å². The van der Waals surface area contributed by atoms with Crippen LogP contribution in [0.1, 0.15) is 5.69 Å². The Morgan fingerprint density at radius 1 is 1.04 bits per heavy atom. The highest BCUT2D eigenvalue weighted by atomic mass is 15.7.